The third-order valence-corrected chi connectivity index (χ3v) is 3.50. The number of anilines is 1. The molecule has 0 bridgehead atoms. The van der Waals surface area contributed by atoms with Crippen LogP contribution in [-0.2, 0) is 6.42 Å². The van der Waals surface area contributed by atoms with Crippen LogP contribution in [0.1, 0.15) is 16.8 Å². The molecule has 2 aromatic rings. The number of aromatic amines is 1. The van der Waals surface area contributed by atoms with E-state index in [0.29, 0.717) is 17.0 Å². The number of ether oxygens (including phenoxy) is 1. The van der Waals surface area contributed by atoms with Crippen LogP contribution < -0.4 is 10.5 Å². The molecule has 0 atom stereocenters. The minimum absolute atomic E-state index is 0.337. The van der Waals surface area contributed by atoms with Crippen molar-refractivity contribution in [3.8, 4) is 5.75 Å². The molecule has 0 radical (unpaired) electrons. The SMILES string of the molecule is COc1cc(S)ccc1Cc1c(C)[nH]c(N)nc1=S. The third-order valence-electron chi connectivity index (χ3n) is 2.89. The molecule has 19 heavy (non-hydrogen) atoms. The zero-order valence-electron chi connectivity index (χ0n) is 10.7. The van der Waals surface area contributed by atoms with Gasteiger partial charge in [-0.3, -0.25) is 0 Å². The zero-order valence-corrected chi connectivity index (χ0v) is 12.4. The quantitative estimate of drug-likeness (QED) is 0.601. The summed E-state index contributed by atoms with van der Waals surface area (Å²) in [6.07, 6.45) is 0.645. The molecular weight excluding hydrogens is 278 g/mol. The molecule has 1 aromatic heterocycles. The molecular formula is C13H15N3OS2. The maximum absolute atomic E-state index is 5.63. The molecule has 2 rings (SSSR count). The van der Waals surface area contributed by atoms with E-state index in [1.54, 1.807) is 7.11 Å². The highest BCUT2D eigenvalue weighted by molar-refractivity contribution is 7.80. The van der Waals surface area contributed by atoms with Crippen LogP contribution in [-0.4, -0.2) is 17.1 Å². The van der Waals surface area contributed by atoms with Gasteiger partial charge in [-0.05, 0) is 24.6 Å². The topological polar surface area (TPSA) is 63.9 Å². The molecule has 100 valence electrons. The fourth-order valence-corrected chi connectivity index (χ4v) is 2.43. The van der Waals surface area contributed by atoms with Gasteiger partial charge in [0.15, 0.2) is 5.95 Å². The number of nitrogens with two attached hydrogens (primary N) is 1. The fraction of sp³-hybridized carbons (Fsp3) is 0.231. The van der Waals surface area contributed by atoms with Crippen molar-refractivity contribution in [3.05, 3.63) is 39.7 Å². The van der Waals surface area contributed by atoms with Crippen molar-refractivity contribution in [2.24, 2.45) is 0 Å². The summed E-state index contributed by atoms with van der Waals surface area (Å²) in [5, 5.41) is 0. The van der Waals surface area contributed by atoms with E-state index in [0.717, 1.165) is 27.5 Å². The Bertz CT molecular complexity index is 667. The smallest absolute Gasteiger partial charge is 0.198 e. The van der Waals surface area contributed by atoms with E-state index in [9.17, 15) is 0 Å². The Labute approximate surface area is 122 Å². The molecule has 0 unspecified atom stereocenters. The Balaban J connectivity index is 2.45. The highest BCUT2D eigenvalue weighted by atomic mass is 32.1. The van der Waals surface area contributed by atoms with Gasteiger partial charge in [0.05, 0.1) is 7.11 Å². The van der Waals surface area contributed by atoms with Crippen molar-refractivity contribution in [1.82, 2.24) is 9.97 Å². The predicted octanol–water partition coefficient (Wildman–Crippen LogP) is 2.92. The van der Waals surface area contributed by atoms with Gasteiger partial charge in [-0.15, -0.1) is 12.6 Å². The van der Waals surface area contributed by atoms with Gasteiger partial charge in [0.2, 0.25) is 0 Å². The van der Waals surface area contributed by atoms with Crippen molar-refractivity contribution in [3.63, 3.8) is 0 Å². The summed E-state index contributed by atoms with van der Waals surface area (Å²) in [6.45, 7) is 1.93. The van der Waals surface area contributed by atoms with E-state index < -0.39 is 0 Å². The highest BCUT2D eigenvalue weighted by Crippen LogP contribution is 2.25. The highest BCUT2D eigenvalue weighted by Gasteiger charge is 2.09. The van der Waals surface area contributed by atoms with Crippen LogP contribution in [0.15, 0.2) is 23.1 Å². The Kier molecular flexibility index (Phi) is 4.11. The standard InChI is InChI=1S/C13H15N3OS2/c1-7-10(12(19)16-13(14)15-7)5-8-3-4-9(18)6-11(8)17-2/h3-4,6,18H,5H2,1-2H3,(H3,14,15,16,19). The van der Waals surface area contributed by atoms with Crippen LogP contribution in [0.5, 0.6) is 5.75 Å². The van der Waals surface area contributed by atoms with Crippen LogP contribution in [0.3, 0.4) is 0 Å². The normalized spacial score (nSPS) is 10.5. The molecule has 1 aromatic carbocycles. The lowest BCUT2D eigenvalue weighted by molar-refractivity contribution is 0.409. The average Bonchev–Trinajstić information content (AvgIpc) is 2.35. The number of thiol groups is 1. The summed E-state index contributed by atoms with van der Waals surface area (Å²) in [6, 6.07) is 5.78. The molecule has 3 N–H and O–H groups in total. The molecule has 0 amide bonds. The Morgan fingerprint density at radius 2 is 2.21 bits per heavy atom. The second-order valence-electron chi connectivity index (χ2n) is 4.20. The molecule has 0 spiro atoms. The van der Waals surface area contributed by atoms with E-state index in [1.165, 1.54) is 0 Å². The van der Waals surface area contributed by atoms with Crippen molar-refractivity contribution in [1.29, 1.82) is 0 Å². The van der Waals surface area contributed by atoms with Crippen LogP contribution >= 0.6 is 24.8 Å². The lowest BCUT2D eigenvalue weighted by Gasteiger charge is -2.11. The van der Waals surface area contributed by atoms with Gasteiger partial charge in [-0.2, -0.15) is 0 Å². The second kappa shape index (κ2) is 5.63. The molecule has 0 aliphatic rings. The summed E-state index contributed by atoms with van der Waals surface area (Å²) in [7, 11) is 1.64. The summed E-state index contributed by atoms with van der Waals surface area (Å²) in [5.41, 5.74) is 8.54. The van der Waals surface area contributed by atoms with E-state index in [2.05, 4.69) is 22.6 Å². The van der Waals surface area contributed by atoms with Crippen LogP contribution in [0.4, 0.5) is 5.95 Å². The number of rotatable bonds is 3. The van der Waals surface area contributed by atoms with Gasteiger partial charge >= 0.3 is 0 Å². The lowest BCUT2D eigenvalue weighted by Crippen LogP contribution is -2.04. The molecule has 6 heteroatoms. The monoisotopic (exact) mass is 293 g/mol. The third kappa shape index (κ3) is 3.08. The average molecular weight is 293 g/mol. The first-order valence-corrected chi connectivity index (χ1v) is 6.58. The number of hydrogen-bond acceptors (Lipinski definition) is 5. The largest absolute Gasteiger partial charge is 0.496 e. The maximum Gasteiger partial charge on any atom is 0.198 e. The van der Waals surface area contributed by atoms with Crippen molar-refractivity contribution in [2.45, 2.75) is 18.2 Å². The predicted molar refractivity (Wildman–Crippen MR) is 81.6 cm³/mol. The first-order valence-electron chi connectivity index (χ1n) is 5.72. The van der Waals surface area contributed by atoms with E-state index in [-0.39, 0.29) is 0 Å². The number of benzene rings is 1. The second-order valence-corrected chi connectivity index (χ2v) is 5.11. The maximum atomic E-state index is 5.63. The van der Waals surface area contributed by atoms with Crippen molar-refractivity contribution in [2.75, 3.05) is 12.8 Å². The molecule has 0 aliphatic carbocycles. The number of methoxy groups -OCH3 is 1. The number of nitrogens with one attached hydrogen (secondary N) is 1. The van der Waals surface area contributed by atoms with E-state index >= 15 is 0 Å². The Morgan fingerprint density at radius 3 is 2.84 bits per heavy atom. The summed E-state index contributed by atoms with van der Waals surface area (Å²) in [5.74, 6) is 1.13. The minimum atomic E-state index is 0.337. The van der Waals surface area contributed by atoms with Gasteiger partial charge in [-0.25, -0.2) is 4.98 Å². The number of hydrogen-bond donors (Lipinski definition) is 3. The first-order chi connectivity index (χ1) is 9.01. The fourth-order valence-electron chi connectivity index (χ4n) is 1.91. The van der Waals surface area contributed by atoms with Crippen LogP contribution in [0.2, 0.25) is 0 Å². The molecule has 0 fully saturated rings. The number of aromatic nitrogens is 2. The number of nitrogen functional groups attached to an aromatic ring is 1. The van der Waals surface area contributed by atoms with E-state index in [1.807, 2.05) is 25.1 Å². The molecule has 1 heterocycles. The van der Waals surface area contributed by atoms with Gasteiger partial charge in [0.1, 0.15) is 10.4 Å². The van der Waals surface area contributed by atoms with Crippen molar-refractivity contribution < 1.29 is 4.74 Å². The minimum Gasteiger partial charge on any atom is -0.496 e. The lowest BCUT2D eigenvalue weighted by atomic mass is 10.0. The van der Waals surface area contributed by atoms with Gasteiger partial charge in [-0.1, -0.05) is 18.3 Å². The Morgan fingerprint density at radius 1 is 1.47 bits per heavy atom. The summed E-state index contributed by atoms with van der Waals surface area (Å²) in [4.78, 5) is 7.94. The van der Waals surface area contributed by atoms with Gasteiger partial charge in [0.25, 0.3) is 0 Å². The number of aryl methyl sites for hydroxylation is 1. The molecule has 0 aliphatic heterocycles. The Hall–Kier alpha value is -1.53. The summed E-state index contributed by atoms with van der Waals surface area (Å²) < 4.78 is 5.88. The molecule has 4 nitrogen and oxygen atoms in total. The summed E-state index contributed by atoms with van der Waals surface area (Å²) >= 11 is 9.56. The van der Waals surface area contributed by atoms with Crippen LogP contribution in [0, 0.1) is 11.6 Å². The zero-order chi connectivity index (χ0) is 14.0. The van der Waals surface area contributed by atoms with E-state index in [4.69, 9.17) is 22.7 Å². The molecule has 0 saturated heterocycles. The van der Waals surface area contributed by atoms with Crippen molar-refractivity contribution >= 4 is 30.8 Å². The molecule has 0 saturated carbocycles. The number of nitrogens with zero attached hydrogens (tertiary/aromatic N) is 1. The van der Waals surface area contributed by atoms with Gasteiger partial charge < -0.3 is 15.5 Å². The number of H-pyrrole nitrogens is 1. The van der Waals surface area contributed by atoms with Gasteiger partial charge in [0, 0.05) is 22.6 Å². The first kappa shape index (κ1) is 13.9. The van der Waals surface area contributed by atoms with Crippen LogP contribution in [0.25, 0.3) is 0 Å².